The van der Waals surface area contributed by atoms with Crippen LogP contribution in [0.1, 0.15) is 0 Å². The molecule has 10 aromatic rings. The SMILES string of the molecule is c1ccc(-c2nc(-c3ccccc3)nc(-c3cc(-c4cccnc4)c4oc5c(ccc6c7ccccc7n(-c7ccccc7)c65)c4c3)n2)cc1. The summed E-state index contributed by atoms with van der Waals surface area (Å²) in [5.74, 6) is 1.81. The van der Waals surface area contributed by atoms with Gasteiger partial charge in [0.25, 0.3) is 0 Å². The number of rotatable bonds is 5. The van der Waals surface area contributed by atoms with Crippen molar-refractivity contribution >= 4 is 43.7 Å². The molecule has 4 aromatic heterocycles. The zero-order valence-corrected chi connectivity index (χ0v) is 26.7. The number of nitrogens with zero attached hydrogens (tertiary/aromatic N) is 5. The summed E-state index contributed by atoms with van der Waals surface area (Å²) < 4.78 is 9.33. The topological polar surface area (TPSA) is 69.6 Å². The minimum Gasteiger partial charge on any atom is -0.453 e. The standard InChI is InChI=1S/C44H27N5O/c1-4-13-28(14-5-1)42-46-43(29-15-6-2-7-16-29)48-44(47-42)31-25-36(30-17-12-24-45-27-30)40-37(26-31)35-23-22-34-33-20-10-11-21-38(33)49(39(34)41(35)50-40)32-18-8-3-9-19-32/h1-27H. The van der Waals surface area contributed by atoms with Gasteiger partial charge in [-0.3, -0.25) is 4.98 Å². The third-order valence-electron chi connectivity index (χ3n) is 9.32. The first-order chi connectivity index (χ1) is 24.8. The summed E-state index contributed by atoms with van der Waals surface area (Å²) in [6, 6.07) is 51.8. The third-order valence-corrected chi connectivity index (χ3v) is 9.32. The van der Waals surface area contributed by atoms with Crippen LogP contribution in [0.4, 0.5) is 0 Å². The normalized spacial score (nSPS) is 11.6. The Morgan fingerprint density at radius 1 is 0.440 bits per heavy atom. The average molecular weight is 642 g/mol. The molecule has 0 fully saturated rings. The van der Waals surface area contributed by atoms with Crippen molar-refractivity contribution in [1.82, 2.24) is 24.5 Å². The van der Waals surface area contributed by atoms with Crippen molar-refractivity contribution in [1.29, 1.82) is 0 Å². The fraction of sp³-hybridized carbons (Fsp3) is 0. The third kappa shape index (κ3) is 4.50. The Morgan fingerprint density at radius 3 is 1.72 bits per heavy atom. The van der Waals surface area contributed by atoms with Gasteiger partial charge in [0.05, 0.1) is 11.0 Å². The summed E-state index contributed by atoms with van der Waals surface area (Å²) in [6.45, 7) is 0. The molecule has 50 heavy (non-hydrogen) atoms. The first-order valence-corrected chi connectivity index (χ1v) is 16.6. The molecule has 0 aliphatic heterocycles. The fourth-order valence-electron chi connectivity index (χ4n) is 7.03. The van der Waals surface area contributed by atoms with E-state index in [2.05, 4.69) is 88.4 Å². The van der Waals surface area contributed by atoms with Gasteiger partial charge < -0.3 is 8.98 Å². The lowest BCUT2D eigenvalue weighted by Gasteiger charge is -2.10. The lowest BCUT2D eigenvalue weighted by atomic mass is 9.99. The van der Waals surface area contributed by atoms with Gasteiger partial charge in [0.2, 0.25) is 0 Å². The van der Waals surface area contributed by atoms with Gasteiger partial charge >= 0.3 is 0 Å². The van der Waals surface area contributed by atoms with Crippen LogP contribution in [-0.4, -0.2) is 24.5 Å². The molecule has 10 rings (SSSR count). The maximum absolute atomic E-state index is 7.02. The van der Waals surface area contributed by atoms with Crippen molar-refractivity contribution < 1.29 is 4.42 Å². The summed E-state index contributed by atoms with van der Waals surface area (Å²) in [7, 11) is 0. The van der Waals surface area contributed by atoms with Gasteiger partial charge in [-0.1, -0.05) is 109 Å². The molecule has 0 saturated heterocycles. The van der Waals surface area contributed by atoms with Crippen molar-refractivity contribution in [3.8, 4) is 51.0 Å². The summed E-state index contributed by atoms with van der Waals surface area (Å²) in [5.41, 5.74) is 9.41. The molecule has 0 aliphatic carbocycles. The fourth-order valence-corrected chi connectivity index (χ4v) is 7.03. The highest BCUT2D eigenvalue weighted by atomic mass is 16.3. The van der Waals surface area contributed by atoms with Crippen LogP contribution in [0.15, 0.2) is 168 Å². The molecule has 234 valence electrons. The lowest BCUT2D eigenvalue weighted by Crippen LogP contribution is -2.00. The second kappa shape index (κ2) is 11.4. The number of hydrogen-bond acceptors (Lipinski definition) is 5. The molecule has 0 aliphatic rings. The van der Waals surface area contributed by atoms with E-state index < -0.39 is 0 Å². The maximum atomic E-state index is 7.02. The van der Waals surface area contributed by atoms with Crippen LogP contribution in [0.2, 0.25) is 0 Å². The van der Waals surface area contributed by atoms with Gasteiger partial charge in [0.15, 0.2) is 23.1 Å². The molecule has 6 heteroatoms. The predicted molar refractivity (Wildman–Crippen MR) is 201 cm³/mol. The van der Waals surface area contributed by atoms with E-state index in [9.17, 15) is 0 Å². The molecule has 0 N–H and O–H groups in total. The second-order valence-electron chi connectivity index (χ2n) is 12.3. The Kier molecular flexibility index (Phi) is 6.39. The molecule has 0 saturated carbocycles. The van der Waals surface area contributed by atoms with Gasteiger partial charge in [-0.15, -0.1) is 0 Å². The molecular weight excluding hydrogens is 615 g/mol. The molecule has 6 aromatic carbocycles. The lowest BCUT2D eigenvalue weighted by molar-refractivity contribution is 0.672. The van der Waals surface area contributed by atoms with Gasteiger partial charge in [0.1, 0.15) is 5.58 Å². The summed E-state index contributed by atoms with van der Waals surface area (Å²) in [4.78, 5) is 19.5. The zero-order chi connectivity index (χ0) is 33.0. The minimum atomic E-state index is 0.582. The van der Waals surface area contributed by atoms with Crippen LogP contribution >= 0.6 is 0 Å². The van der Waals surface area contributed by atoms with Crippen LogP contribution in [0.25, 0.3) is 94.7 Å². The number of fused-ring (bicyclic) bond motifs is 7. The van der Waals surface area contributed by atoms with E-state index in [4.69, 9.17) is 19.4 Å². The Hall–Kier alpha value is -6.92. The van der Waals surface area contributed by atoms with Gasteiger partial charge in [-0.2, -0.15) is 0 Å². The molecule has 0 unspecified atom stereocenters. The van der Waals surface area contributed by atoms with Crippen LogP contribution in [0.5, 0.6) is 0 Å². The highest BCUT2D eigenvalue weighted by molar-refractivity contribution is 6.23. The zero-order valence-electron chi connectivity index (χ0n) is 26.7. The summed E-state index contributed by atoms with van der Waals surface area (Å²) in [5, 5.41) is 4.30. The first-order valence-electron chi connectivity index (χ1n) is 16.6. The van der Waals surface area contributed by atoms with E-state index in [1.54, 1.807) is 6.20 Å². The van der Waals surface area contributed by atoms with Gasteiger partial charge in [0, 0.05) is 67.4 Å². The Bertz CT molecular complexity index is 2790. The van der Waals surface area contributed by atoms with Crippen LogP contribution < -0.4 is 0 Å². The molecule has 6 nitrogen and oxygen atoms in total. The van der Waals surface area contributed by atoms with Crippen molar-refractivity contribution in [2.75, 3.05) is 0 Å². The first kappa shape index (κ1) is 28.1. The van der Waals surface area contributed by atoms with Gasteiger partial charge in [-0.25, -0.2) is 15.0 Å². The Balaban J connectivity index is 1.30. The highest BCUT2D eigenvalue weighted by Gasteiger charge is 2.22. The van der Waals surface area contributed by atoms with Crippen molar-refractivity contribution in [3.05, 3.63) is 164 Å². The summed E-state index contributed by atoms with van der Waals surface area (Å²) in [6.07, 6.45) is 3.66. The van der Waals surface area contributed by atoms with Crippen LogP contribution in [0, 0.1) is 0 Å². The van der Waals surface area contributed by atoms with E-state index in [-0.39, 0.29) is 0 Å². The predicted octanol–water partition coefficient (Wildman–Crippen LogP) is 10.9. The van der Waals surface area contributed by atoms with Crippen LogP contribution in [-0.2, 0) is 0 Å². The molecule has 0 radical (unpaired) electrons. The summed E-state index contributed by atoms with van der Waals surface area (Å²) >= 11 is 0. The minimum absolute atomic E-state index is 0.582. The number of aromatic nitrogens is 5. The molecule has 0 amide bonds. The molecule has 0 atom stereocenters. The largest absolute Gasteiger partial charge is 0.453 e. The number of pyridine rings is 1. The number of para-hydroxylation sites is 2. The van der Waals surface area contributed by atoms with E-state index in [0.717, 1.165) is 71.9 Å². The monoisotopic (exact) mass is 641 g/mol. The Labute approximate surface area is 287 Å². The second-order valence-corrected chi connectivity index (χ2v) is 12.3. The molecular formula is C44H27N5O. The smallest absolute Gasteiger partial charge is 0.164 e. The van der Waals surface area contributed by atoms with E-state index in [0.29, 0.717) is 17.5 Å². The van der Waals surface area contributed by atoms with Crippen LogP contribution in [0.3, 0.4) is 0 Å². The molecule has 4 heterocycles. The highest BCUT2D eigenvalue weighted by Crippen LogP contribution is 2.44. The van der Waals surface area contributed by atoms with E-state index in [1.165, 1.54) is 5.39 Å². The maximum Gasteiger partial charge on any atom is 0.164 e. The van der Waals surface area contributed by atoms with Crippen molar-refractivity contribution in [2.45, 2.75) is 0 Å². The number of benzene rings is 6. The molecule has 0 spiro atoms. The van der Waals surface area contributed by atoms with E-state index >= 15 is 0 Å². The van der Waals surface area contributed by atoms with Gasteiger partial charge in [-0.05, 0) is 42.5 Å². The van der Waals surface area contributed by atoms with Crippen molar-refractivity contribution in [2.24, 2.45) is 0 Å². The number of furan rings is 1. The average Bonchev–Trinajstić information content (AvgIpc) is 3.75. The number of hydrogen-bond donors (Lipinski definition) is 0. The quantitative estimate of drug-likeness (QED) is 0.187. The van der Waals surface area contributed by atoms with Crippen molar-refractivity contribution in [3.63, 3.8) is 0 Å². The Morgan fingerprint density at radius 2 is 1.04 bits per heavy atom. The molecule has 0 bridgehead atoms. The van der Waals surface area contributed by atoms with E-state index in [1.807, 2.05) is 79.0 Å².